The Balaban J connectivity index is 2.07. The Morgan fingerprint density at radius 2 is 2.27 bits per heavy atom. The van der Waals surface area contributed by atoms with Gasteiger partial charge in [0.15, 0.2) is 0 Å². The lowest BCUT2D eigenvalue weighted by molar-refractivity contribution is -0.118. The summed E-state index contributed by atoms with van der Waals surface area (Å²) in [7, 11) is 0. The molecule has 1 atom stereocenters. The second-order valence-electron chi connectivity index (χ2n) is 6.33. The number of carbonyl (C=O) groups excluding carboxylic acids is 1. The number of aryl methyl sites for hydroxylation is 1. The molecular weight excluding hydrogens is 337 g/mol. The molecule has 4 N–H and O–H groups in total. The lowest BCUT2D eigenvalue weighted by Crippen LogP contribution is -2.42. The maximum absolute atomic E-state index is 14.0. The molecule has 26 heavy (non-hydrogen) atoms. The number of ether oxygens (including phenoxy) is 1. The van der Waals surface area contributed by atoms with E-state index in [1.165, 1.54) is 18.2 Å². The van der Waals surface area contributed by atoms with Crippen LogP contribution in [0.3, 0.4) is 0 Å². The molecular formula is C18H16FN5O2. The zero-order valence-corrected chi connectivity index (χ0v) is 14.0. The summed E-state index contributed by atoms with van der Waals surface area (Å²) in [5.74, 6) is -1.05. The van der Waals surface area contributed by atoms with Crippen molar-refractivity contribution >= 4 is 11.6 Å². The topological polar surface area (TPSA) is 117 Å². The molecule has 2 aliphatic heterocycles. The first-order valence-electron chi connectivity index (χ1n) is 8.31. The lowest BCUT2D eigenvalue weighted by Gasteiger charge is -2.31. The van der Waals surface area contributed by atoms with Crippen LogP contribution in [0.1, 0.15) is 36.6 Å². The van der Waals surface area contributed by atoms with Crippen LogP contribution in [-0.2, 0) is 16.6 Å². The van der Waals surface area contributed by atoms with E-state index in [9.17, 15) is 14.4 Å². The van der Waals surface area contributed by atoms with E-state index < -0.39 is 17.1 Å². The highest BCUT2D eigenvalue weighted by Crippen LogP contribution is 2.53. The number of anilines is 1. The van der Waals surface area contributed by atoms with Gasteiger partial charge in [0, 0.05) is 16.9 Å². The fourth-order valence-corrected chi connectivity index (χ4v) is 3.73. The second-order valence-corrected chi connectivity index (χ2v) is 6.33. The highest BCUT2D eigenvalue weighted by molar-refractivity contribution is 6.12. The minimum absolute atomic E-state index is 0.0639. The number of hydrogen-bond donors (Lipinski definition) is 3. The summed E-state index contributed by atoms with van der Waals surface area (Å²) in [5, 5.41) is 19.5. The number of H-pyrrole nitrogens is 1. The second kappa shape index (κ2) is 5.59. The monoisotopic (exact) mass is 353 g/mol. The van der Waals surface area contributed by atoms with Gasteiger partial charge in [0.25, 0.3) is 0 Å². The number of fused-ring (bicyclic) bond motifs is 4. The SMILES string of the molecule is CCCCc1[nH]nc2c1C1(C(=O)Nc3ccc(F)cc31)C(C#N)=C(N)O2. The summed E-state index contributed by atoms with van der Waals surface area (Å²) in [6, 6.07) is 5.98. The van der Waals surface area contributed by atoms with Crippen LogP contribution in [0.25, 0.3) is 0 Å². The number of nitrogens with two attached hydrogens (primary N) is 1. The zero-order chi connectivity index (χ0) is 18.5. The average Bonchev–Trinajstić information content (AvgIpc) is 3.13. The predicted molar refractivity (Wildman–Crippen MR) is 90.5 cm³/mol. The molecule has 1 spiro atoms. The number of benzene rings is 1. The number of carbonyl (C=O) groups is 1. The van der Waals surface area contributed by atoms with Crippen LogP contribution in [-0.4, -0.2) is 16.1 Å². The van der Waals surface area contributed by atoms with Crippen molar-refractivity contribution < 1.29 is 13.9 Å². The molecule has 2 aliphatic rings. The molecule has 2 aromatic rings. The first kappa shape index (κ1) is 16.1. The van der Waals surface area contributed by atoms with Crippen LogP contribution < -0.4 is 15.8 Å². The van der Waals surface area contributed by atoms with Crippen molar-refractivity contribution in [1.82, 2.24) is 10.2 Å². The molecule has 0 bridgehead atoms. The van der Waals surface area contributed by atoms with E-state index in [4.69, 9.17) is 10.5 Å². The van der Waals surface area contributed by atoms with E-state index in [2.05, 4.69) is 15.5 Å². The van der Waals surface area contributed by atoms with E-state index in [-0.39, 0.29) is 17.3 Å². The van der Waals surface area contributed by atoms with Gasteiger partial charge in [-0.25, -0.2) is 4.39 Å². The van der Waals surface area contributed by atoms with Gasteiger partial charge in [0.1, 0.15) is 22.9 Å². The molecule has 0 saturated carbocycles. The maximum atomic E-state index is 14.0. The van der Waals surface area contributed by atoms with Gasteiger partial charge in [0.05, 0.1) is 5.56 Å². The van der Waals surface area contributed by atoms with Crippen molar-refractivity contribution in [2.45, 2.75) is 31.6 Å². The van der Waals surface area contributed by atoms with Gasteiger partial charge < -0.3 is 15.8 Å². The van der Waals surface area contributed by atoms with Gasteiger partial charge >= 0.3 is 0 Å². The summed E-state index contributed by atoms with van der Waals surface area (Å²) >= 11 is 0. The molecule has 8 heteroatoms. The molecule has 0 aliphatic carbocycles. The fourth-order valence-electron chi connectivity index (χ4n) is 3.73. The fraction of sp³-hybridized carbons (Fsp3) is 0.278. The number of nitriles is 1. The van der Waals surface area contributed by atoms with Gasteiger partial charge in [0.2, 0.25) is 17.7 Å². The van der Waals surface area contributed by atoms with Crippen molar-refractivity contribution in [2.75, 3.05) is 5.32 Å². The summed E-state index contributed by atoms with van der Waals surface area (Å²) < 4.78 is 19.5. The number of aromatic amines is 1. The number of rotatable bonds is 3. The van der Waals surface area contributed by atoms with E-state index >= 15 is 0 Å². The molecule has 132 valence electrons. The summed E-state index contributed by atoms with van der Waals surface area (Å²) in [5.41, 5.74) is 6.18. The molecule has 3 heterocycles. The first-order chi connectivity index (χ1) is 12.5. The van der Waals surface area contributed by atoms with Gasteiger partial charge in [-0.05, 0) is 31.0 Å². The van der Waals surface area contributed by atoms with Gasteiger partial charge in [-0.3, -0.25) is 9.89 Å². The number of nitrogens with zero attached hydrogens (tertiary/aromatic N) is 2. The Kier molecular flexibility index (Phi) is 3.47. The predicted octanol–water partition coefficient (Wildman–Crippen LogP) is 2.22. The standard InChI is InChI=1S/C18H16FN5O2/c1-2-3-4-13-14-16(24-23-13)26-15(21)11(8-20)18(14)10-7-9(19)5-6-12(10)22-17(18)25/h5-7H,2-4,21H2,1H3,(H,22,25)(H,23,24). The summed E-state index contributed by atoms with van der Waals surface area (Å²) in [6.07, 6.45) is 2.39. The van der Waals surface area contributed by atoms with E-state index in [0.29, 0.717) is 28.9 Å². The third-order valence-electron chi connectivity index (χ3n) is 4.88. The van der Waals surface area contributed by atoms with Crippen molar-refractivity contribution in [3.8, 4) is 11.9 Å². The normalized spacial score (nSPS) is 20.4. The molecule has 0 fully saturated rings. The van der Waals surface area contributed by atoms with Crippen LogP contribution >= 0.6 is 0 Å². The largest absolute Gasteiger partial charge is 0.420 e. The Bertz CT molecular complexity index is 1000. The third-order valence-corrected chi connectivity index (χ3v) is 4.88. The number of unbranched alkanes of at least 4 members (excludes halogenated alkanes) is 1. The van der Waals surface area contributed by atoms with Crippen LogP contribution in [0, 0.1) is 17.1 Å². The van der Waals surface area contributed by atoms with Crippen LogP contribution in [0.4, 0.5) is 10.1 Å². The van der Waals surface area contributed by atoms with Crippen molar-refractivity contribution in [1.29, 1.82) is 5.26 Å². The molecule has 1 unspecified atom stereocenters. The minimum Gasteiger partial charge on any atom is -0.420 e. The Morgan fingerprint density at radius 3 is 3.00 bits per heavy atom. The lowest BCUT2D eigenvalue weighted by atomic mass is 9.68. The van der Waals surface area contributed by atoms with E-state index in [0.717, 1.165) is 12.8 Å². The van der Waals surface area contributed by atoms with Crippen LogP contribution in [0.15, 0.2) is 29.7 Å². The number of hydrogen-bond acceptors (Lipinski definition) is 5. The van der Waals surface area contributed by atoms with Crippen molar-refractivity contribution in [3.63, 3.8) is 0 Å². The smallest absolute Gasteiger partial charge is 0.245 e. The van der Waals surface area contributed by atoms with Crippen molar-refractivity contribution in [2.24, 2.45) is 5.73 Å². The minimum atomic E-state index is -1.57. The van der Waals surface area contributed by atoms with Crippen molar-refractivity contribution in [3.05, 3.63) is 52.3 Å². The Morgan fingerprint density at radius 1 is 1.46 bits per heavy atom. The molecule has 1 aromatic heterocycles. The van der Waals surface area contributed by atoms with Gasteiger partial charge in [-0.15, -0.1) is 5.10 Å². The average molecular weight is 353 g/mol. The molecule has 0 saturated heterocycles. The Hall–Kier alpha value is -3.34. The van der Waals surface area contributed by atoms with E-state index in [1.807, 2.05) is 13.0 Å². The highest BCUT2D eigenvalue weighted by Gasteiger charge is 2.58. The van der Waals surface area contributed by atoms with Gasteiger partial charge in [-0.2, -0.15) is 5.26 Å². The van der Waals surface area contributed by atoms with E-state index in [1.54, 1.807) is 0 Å². The summed E-state index contributed by atoms with van der Waals surface area (Å²) in [6.45, 7) is 2.04. The zero-order valence-electron chi connectivity index (χ0n) is 14.0. The van der Waals surface area contributed by atoms with Gasteiger partial charge in [-0.1, -0.05) is 13.3 Å². The third kappa shape index (κ3) is 1.91. The number of halogens is 1. The maximum Gasteiger partial charge on any atom is 0.245 e. The number of nitrogens with one attached hydrogen (secondary N) is 2. The molecule has 1 aromatic carbocycles. The van der Waals surface area contributed by atoms with Crippen LogP contribution in [0.5, 0.6) is 5.88 Å². The highest BCUT2D eigenvalue weighted by atomic mass is 19.1. The van der Waals surface area contributed by atoms with Crippen LogP contribution in [0.2, 0.25) is 0 Å². The number of aromatic nitrogens is 2. The quantitative estimate of drug-likeness (QED) is 0.782. The summed E-state index contributed by atoms with van der Waals surface area (Å²) in [4.78, 5) is 13.1. The molecule has 7 nitrogen and oxygen atoms in total. The first-order valence-corrected chi connectivity index (χ1v) is 8.31. The molecule has 1 amide bonds. The Labute approximate surface area is 148 Å². The molecule has 4 rings (SSSR count). The molecule has 0 radical (unpaired) electrons. The number of amides is 1.